The first-order valence-corrected chi connectivity index (χ1v) is 12.2. The summed E-state index contributed by atoms with van der Waals surface area (Å²) in [6.45, 7) is 1.80. The maximum Gasteiger partial charge on any atom is 0.412 e. The van der Waals surface area contributed by atoms with Gasteiger partial charge in [-0.1, -0.05) is 78.3 Å². The Morgan fingerprint density at radius 1 is 1.00 bits per heavy atom. The molecule has 0 unspecified atom stereocenters. The number of amides is 1. The average Bonchev–Trinajstić information content (AvgIpc) is 3.58. The number of anilines is 1. The van der Waals surface area contributed by atoms with Gasteiger partial charge in [-0.25, -0.2) is 9.78 Å². The van der Waals surface area contributed by atoms with Crippen LogP contribution in [0.2, 0.25) is 5.02 Å². The van der Waals surface area contributed by atoms with Crippen LogP contribution in [0.4, 0.5) is 9.80 Å². The van der Waals surface area contributed by atoms with Gasteiger partial charge in [0.25, 0.3) is 0 Å². The second-order valence-corrected chi connectivity index (χ2v) is 9.46. The predicted octanol–water partition coefficient (Wildman–Crippen LogP) is 8.32. The number of thiazole rings is 1. The van der Waals surface area contributed by atoms with Crippen LogP contribution in [0.1, 0.15) is 42.9 Å². The molecular formula is C27H23ClN2O2S. The van der Waals surface area contributed by atoms with Crippen molar-refractivity contribution in [1.82, 2.24) is 4.98 Å². The standard InChI is InChI=1S/C27H23ClN2O2S/c1-17(23-4-2-3-5-24(23)28)32-27(31)30-26-25(29-16-33-26)22-14-12-21(13-15-22)20-10-8-19(9-11-20)18-6-7-18/h2-5,8-18H,6-7H2,1H3,(H,30,31)/t17-/m1/s1. The fraction of sp³-hybridized carbons (Fsp3) is 0.185. The van der Waals surface area contributed by atoms with E-state index in [0.717, 1.165) is 28.3 Å². The minimum Gasteiger partial charge on any atom is -0.441 e. The van der Waals surface area contributed by atoms with Crippen LogP contribution in [0, 0.1) is 0 Å². The van der Waals surface area contributed by atoms with Crippen LogP contribution in [0.3, 0.4) is 0 Å². The summed E-state index contributed by atoms with van der Waals surface area (Å²) in [5.41, 5.74) is 7.91. The van der Waals surface area contributed by atoms with E-state index in [1.807, 2.05) is 30.3 Å². The lowest BCUT2D eigenvalue weighted by Crippen LogP contribution is -2.16. The van der Waals surface area contributed by atoms with Gasteiger partial charge in [0.1, 0.15) is 16.8 Å². The lowest BCUT2D eigenvalue weighted by Gasteiger charge is -2.15. The summed E-state index contributed by atoms with van der Waals surface area (Å²) in [5.74, 6) is 0.761. The molecule has 1 fully saturated rings. The van der Waals surface area contributed by atoms with Gasteiger partial charge in [-0.15, -0.1) is 11.3 Å². The Morgan fingerprint density at radius 3 is 2.30 bits per heavy atom. The fourth-order valence-corrected chi connectivity index (χ4v) is 4.85. The first kappa shape index (κ1) is 21.7. The summed E-state index contributed by atoms with van der Waals surface area (Å²) in [5, 5.41) is 4.04. The molecule has 0 spiro atoms. The molecule has 0 bridgehead atoms. The van der Waals surface area contributed by atoms with Crippen molar-refractivity contribution in [3.63, 3.8) is 0 Å². The van der Waals surface area contributed by atoms with Crippen molar-refractivity contribution in [1.29, 1.82) is 0 Å². The maximum absolute atomic E-state index is 12.5. The van der Waals surface area contributed by atoms with Gasteiger partial charge in [0.2, 0.25) is 0 Å². The van der Waals surface area contributed by atoms with Crippen molar-refractivity contribution in [2.75, 3.05) is 5.32 Å². The van der Waals surface area contributed by atoms with Gasteiger partial charge in [0.15, 0.2) is 0 Å². The number of carbonyl (C=O) groups is 1. The van der Waals surface area contributed by atoms with Gasteiger partial charge in [0.05, 0.1) is 5.51 Å². The third kappa shape index (κ3) is 4.95. The number of ether oxygens (including phenoxy) is 1. The quantitative estimate of drug-likeness (QED) is 0.305. The number of nitrogens with zero attached hydrogens (tertiary/aromatic N) is 1. The molecule has 4 aromatic rings. The first-order chi connectivity index (χ1) is 16.1. The summed E-state index contributed by atoms with van der Waals surface area (Å²) in [6.07, 6.45) is 1.61. The Bertz CT molecular complexity index is 1260. The van der Waals surface area contributed by atoms with E-state index in [-0.39, 0.29) is 0 Å². The van der Waals surface area contributed by atoms with Crippen molar-refractivity contribution in [2.24, 2.45) is 0 Å². The van der Waals surface area contributed by atoms with E-state index in [9.17, 15) is 4.79 Å². The van der Waals surface area contributed by atoms with Crippen molar-refractivity contribution in [3.05, 3.63) is 94.5 Å². The zero-order valence-electron chi connectivity index (χ0n) is 18.1. The maximum atomic E-state index is 12.5. The minimum absolute atomic E-state index is 0.472. The van der Waals surface area contributed by atoms with Gasteiger partial charge in [0, 0.05) is 16.1 Å². The van der Waals surface area contributed by atoms with E-state index in [0.29, 0.717) is 10.0 Å². The second-order valence-electron chi connectivity index (χ2n) is 8.20. The van der Waals surface area contributed by atoms with Gasteiger partial charge in [-0.3, -0.25) is 5.32 Å². The van der Waals surface area contributed by atoms with Crippen LogP contribution in [0.15, 0.2) is 78.3 Å². The van der Waals surface area contributed by atoms with E-state index in [2.05, 4.69) is 46.7 Å². The van der Waals surface area contributed by atoms with Gasteiger partial charge < -0.3 is 4.74 Å². The fourth-order valence-electron chi connectivity index (χ4n) is 3.88. The molecule has 1 N–H and O–H groups in total. The highest BCUT2D eigenvalue weighted by Gasteiger charge is 2.23. The van der Waals surface area contributed by atoms with E-state index in [1.165, 1.54) is 35.3 Å². The topological polar surface area (TPSA) is 51.2 Å². The van der Waals surface area contributed by atoms with Crippen LogP contribution in [-0.2, 0) is 4.74 Å². The number of rotatable bonds is 6. The van der Waals surface area contributed by atoms with Crippen molar-refractivity contribution in [2.45, 2.75) is 31.8 Å². The average molecular weight is 475 g/mol. The van der Waals surface area contributed by atoms with Crippen molar-refractivity contribution in [3.8, 4) is 22.4 Å². The number of nitrogens with one attached hydrogen (secondary N) is 1. The molecule has 1 atom stereocenters. The van der Waals surface area contributed by atoms with Crippen LogP contribution in [0.5, 0.6) is 0 Å². The van der Waals surface area contributed by atoms with Crippen LogP contribution >= 0.6 is 22.9 Å². The van der Waals surface area contributed by atoms with E-state index in [4.69, 9.17) is 16.3 Å². The molecule has 4 nitrogen and oxygen atoms in total. The molecule has 0 aliphatic heterocycles. The number of halogens is 1. The Labute approximate surface area is 202 Å². The molecule has 5 rings (SSSR count). The zero-order chi connectivity index (χ0) is 22.8. The molecule has 1 aliphatic rings. The van der Waals surface area contributed by atoms with Crippen LogP contribution in [-0.4, -0.2) is 11.1 Å². The largest absolute Gasteiger partial charge is 0.441 e. The Balaban J connectivity index is 1.27. The van der Waals surface area contributed by atoms with Crippen molar-refractivity contribution < 1.29 is 9.53 Å². The molecule has 0 radical (unpaired) electrons. The summed E-state index contributed by atoms with van der Waals surface area (Å²) < 4.78 is 5.53. The molecule has 0 saturated heterocycles. The lowest BCUT2D eigenvalue weighted by molar-refractivity contribution is 0.121. The van der Waals surface area contributed by atoms with Gasteiger partial charge in [-0.05, 0) is 48.4 Å². The van der Waals surface area contributed by atoms with Gasteiger partial charge >= 0.3 is 6.09 Å². The highest BCUT2D eigenvalue weighted by Crippen LogP contribution is 2.40. The molecule has 6 heteroatoms. The third-order valence-electron chi connectivity index (χ3n) is 5.86. The minimum atomic E-state index is -0.541. The Hall–Kier alpha value is -3.15. The van der Waals surface area contributed by atoms with E-state index in [1.54, 1.807) is 18.5 Å². The molecule has 1 heterocycles. The van der Waals surface area contributed by atoms with E-state index < -0.39 is 12.2 Å². The normalized spacial score (nSPS) is 14.0. The monoisotopic (exact) mass is 474 g/mol. The van der Waals surface area contributed by atoms with Crippen LogP contribution < -0.4 is 5.32 Å². The highest BCUT2D eigenvalue weighted by molar-refractivity contribution is 7.14. The number of aromatic nitrogens is 1. The van der Waals surface area contributed by atoms with Crippen LogP contribution in [0.25, 0.3) is 22.4 Å². The third-order valence-corrected chi connectivity index (χ3v) is 6.95. The molecule has 33 heavy (non-hydrogen) atoms. The summed E-state index contributed by atoms with van der Waals surface area (Å²) in [7, 11) is 0. The first-order valence-electron chi connectivity index (χ1n) is 10.9. The summed E-state index contributed by atoms with van der Waals surface area (Å²) in [6, 6.07) is 24.4. The number of hydrogen-bond acceptors (Lipinski definition) is 4. The summed E-state index contributed by atoms with van der Waals surface area (Å²) >= 11 is 7.57. The number of carbonyl (C=O) groups excluding carboxylic acids is 1. The van der Waals surface area contributed by atoms with Gasteiger partial charge in [-0.2, -0.15) is 0 Å². The number of hydrogen-bond donors (Lipinski definition) is 1. The Morgan fingerprint density at radius 2 is 1.64 bits per heavy atom. The molecule has 3 aromatic carbocycles. The molecule has 1 saturated carbocycles. The van der Waals surface area contributed by atoms with Crippen molar-refractivity contribution >= 4 is 34.0 Å². The summed E-state index contributed by atoms with van der Waals surface area (Å²) in [4.78, 5) is 17.0. The molecule has 1 amide bonds. The lowest BCUT2D eigenvalue weighted by atomic mass is 10.0. The zero-order valence-corrected chi connectivity index (χ0v) is 19.7. The second kappa shape index (κ2) is 9.38. The predicted molar refractivity (Wildman–Crippen MR) is 135 cm³/mol. The molecule has 1 aromatic heterocycles. The Kier molecular flexibility index (Phi) is 6.16. The molecule has 1 aliphatic carbocycles. The molecule has 166 valence electrons. The number of benzene rings is 3. The highest BCUT2D eigenvalue weighted by atomic mass is 35.5. The SMILES string of the molecule is C[C@@H](OC(=O)Nc1scnc1-c1ccc(-c2ccc(C3CC3)cc2)cc1)c1ccccc1Cl. The molecular weight excluding hydrogens is 452 g/mol. The van der Waals surface area contributed by atoms with E-state index >= 15 is 0 Å². The smallest absolute Gasteiger partial charge is 0.412 e.